The summed E-state index contributed by atoms with van der Waals surface area (Å²) in [6, 6.07) is 6.09. The zero-order valence-corrected chi connectivity index (χ0v) is 7.83. The quantitative estimate of drug-likeness (QED) is 0.654. The Morgan fingerprint density at radius 1 is 1.23 bits per heavy atom. The van der Waals surface area contributed by atoms with Gasteiger partial charge in [0, 0.05) is 5.92 Å². The molecule has 13 heavy (non-hydrogen) atoms. The van der Waals surface area contributed by atoms with E-state index in [1.807, 2.05) is 13.8 Å². The van der Waals surface area contributed by atoms with Crippen LogP contribution in [0.25, 0.3) is 0 Å². The Hall–Kier alpha value is -1.18. The Labute approximate surface area is 77.6 Å². The van der Waals surface area contributed by atoms with Gasteiger partial charge < -0.3 is 4.79 Å². The highest BCUT2D eigenvalue weighted by molar-refractivity contribution is 5.62. The molecule has 0 aliphatic heterocycles. The molecular weight excluding hydrogens is 167 g/mol. The summed E-state index contributed by atoms with van der Waals surface area (Å²) in [5.41, 5.74) is 0.881. The third kappa shape index (κ3) is 2.38. The molecule has 1 nitrogen and oxygen atoms in total. The van der Waals surface area contributed by atoms with E-state index in [2.05, 4.69) is 0 Å². The highest BCUT2D eigenvalue weighted by Gasteiger charge is 2.14. The second-order valence-electron chi connectivity index (χ2n) is 3.46. The molecule has 0 fully saturated rings. The molecule has 0 N–H and O–H groups in total. The molecule has 1 unspecified atom stereocenters. The molecule has 0 saturated heterocycles. The Kier molecular flexibility index (Phi) is 3.18. The summed E-state index contributed by atoms with van der Waals surface area (Å²) in [5, 5.41) is 0. The molecule has 0 heterocycles. The first-order valence-corrected chi connectivity index (χ1v) is 4.36. The summed E-state index contributed by atoms with van der Waals surface area (Å²) in [7, 11) is 0. The van der Waals surface area contributed by atoms with Crippen LogP contribution in [0.1, 0.15) is 25.3 Å². The van der Waals surface area contributed by atoms with Crippen molar-refractivity contribution in [1.29, 1.82) is 0 Å². The molecule has 0 amide bonds. The van der Waals surface area contributed by atoms with Gasteiger partial charge in [0.05, 0.1) is 0 Å². The fourth-order valence-corrected chi connectivity index (χ4v) is 1.31. The van der Waals surface area contributed by atoms with Crippen LogP contribution in [0.5, 0.6) is 0 Å². The minimum absolute atomic E-state index is 0.124. The predicted molar refractivity (Wildman–Crippen MR) is 50.0 cm³/mol. The number of rotatable bonds is 3. The number of hydrogen-bond donors (Lipinski definition) is 0. The normalized spacial score (nSPS) is 12.9. The van der Waals surface area contributed by atoms with E-state index in [9.17, 15) is 9.18 Å². The minimum atomic E-state index is -0.267. The molecule has 1 aromatic rings. The number of carbonyl (C=O) groups excluding carboxylic acids is 1. The molecule has 2 heteroatoms. The lowest BCUT2D eigenvalue weighted by Crippen LogP contribution is -2.07. The van der Waals surface area contributed by atoms with E-state index in [4.69, 9.17) is 0 Å². The van der Waals surface area contributed by atoms with Crippen LogP contribution in [0.4, 0.5) is 4.39 Å². The van der Waals surface area contributed by atoms with Crippen LogP contribution in [0.3, 0.4) is 0 Å². The van der Waals surface area contributed by atoms with Gasteiger partial charge in [-0.25, -0.2) is 4.39 Å². The van der Waals surface area contributed by atoms with Gasteiger partial charge in [0.1, 0.15) is 12.1 Å². The molecule has 1 aromatic carbocycles. The van der Waals surface area contributed by atoms with E-state index in [1.165, 1.54) is 12.1 Å². The van der Waals surface area contributed by atoms with Crippen molar-refractivity contribution < 1.29 is 9.18 Å². The lowest BCUT2D eigenvalue weighted by molar-refractivity contribution is -0.109. The molecule has 0 saturated carbocycles. The van der Waals surface area contributed by atoms with Crippen molar-refractivity contribution in [2.24, 2.45) is 5.92 Å². The molecule has 0 spiro atoms. The van der Waals surface area contributed by atoms with Gasteiger partial charge in [-0.3, -0.25) is 0 Å². The van der Waals surface area contributed by atoms with Gasteiger partial charge in [0.25, 0.3) is 0 Å². The number of carbonyl (C=O) groups is 1. The first-order chi connectivity index (χ1) is 6.15. The third-order valence-electron chi connectivity index (χ3n) is 2.12. The number of halogens is 1. The fraction of sp³-hybridized carbons (Fsp3) is 0.364. The molecule has 0 bridgehead atoms. The van der Waals surface area contributed by atoms with Crippen molar-refractivity contribution in [3.63, 3.8) is 0 Å². The molecule has 1 rings (SSSR count). The van der Waals surface area contributed by atoms with Gasteiger partial charge in [0.15, 0.2) is 0 Å². The topological polar surface area (TPSA) is 17.1 Å². The average Bonchev–Trinajstić information content (AvgIpc) is 2.09. The second-order valence-corrected chi connectivity index (χ2v) is 3.46. The molecule has 0 aliphatic carbocycles. The lowest BCUT2D eigenvalue weighted by Gasteiger charge is -2.13. The Balaban J connectivity index is 2.92. The summed E-state index contributed by atoms with van der Waals surface area (Å²) in [6.45, 7) is 3.95. The summed E-state index contributed by atoms with van der Waals surface area (Å²) >= 11 is 0. The molecule has 70 valence electrons. The van der Waals surface area contributed by atoms with Crippen LogP contribution >= 0.6 is 0 Å². The van der Waals surface area contributed by atoms with Gasteiger partial charge in [-0.05, 0) is 23.6 Å². The van der Waals surface area contributed by atoms with Crippen molar-refractivity contribution in [1.82, 2.24) is 0 Å². The van der Waals surface area contributed by atoms with Crippen molar-refractivity contribution in [2.45, 2.75) is 19.8 Å². The van der Waals surface area contributed by atoms with Crippen LogP contribution in [-0.4, -0.2) is 6.29 Å². The monoisotopic (exact) mass is 180 g/mol. The Bertz CT molecular complexity index is 277. The van der Waals surface area contributed by atoms with Crippen LogP contribution in [0.15, 0.2) is 24.3 Å². The Morgan fingerprint density at radius 3 is 2.15 bits per heavy atom. The van der Waals surface area contributed by atoms with Crippen LogP contribution in [-0.2, 0) is 4.79 Å². The second kappa shape index (κ2) is 4.17. The van der Waals surface area contributed by atoms with E-state index in [0.717, 1.165) is 11.8 Å². The fourth-order valence-electron chi connectivity index (χ4n) is 1.31. The lowest BCUT2D eigenvalue weighted by atomic mass is 9.90. The van der Waals surface area contributed by atoms with E-state index < -0.39 is 0 Å². The van der Waals surface area contributed by atoms with Crippen molar-refractivity contribution in [2.75, 3.05) is 0 Å². The standard InChI is InChI=1S/C11H13FO/c1-8(2)11(7-13)9-3-5-10(12)6-4-9/h3-8,11H,1-2H3. The smallest absolute Gasteiger partial charge is 0.127 e. The van der Waals surface area contributed by atoms with Gasteiger partial charge in [-0.15, -0.1) is 0 Å². The highest BCUT2D eigenvalue weighted by Crippen LogP contribution is 2.21. The molecule has 0 radical (unpaired) electrons. The zero-order chi connectivity index (χ0) is 9.84. The molecule has 0 aromatic heterocycles. The first kappa shape index (κ1) is 9.90. The summed E-state index contributed by atoms with van der Waals surface area (Å²) < 4.78 is 12.6. The van der Waals surface area contributed by atoms with Crippen molar-refractivity contribution in [3.05, 3.63) is 35.6 Å². The third-order valence-corrected chi connectivity index (χ3v) is 2.12. The summed E-state index contributed by atoms with van der Waals surface area (Å²) in [6.07, 6.45) is 0.915. The minimum Gasteiger partial charge on any atom is -0.303 e. The zero-order valence-electron chi connectivity index (χ0n) is 7.83. The van der Waals surface area contributed by atoms with Gasteiger partial charge in [0.2, 0.25) is 0 Å². The van der Waals surface area contributed by atoms with Crippen LogP contribution in [0.2, 0.25) is 0 Å². The number of aldehydes is 1. The molecule has 0 aliphatic rings. The van der Waals surface area contributed by atoms with Crippen LogP contribution in [0, 0.1) is 11.7 Å². The molecular formula is C11H13FO. The SMILES string of the molecule is CC(C)C(C=O)c1ccc(F)cc1. The maximum Gasteiger partial charge on any atom is 0.127 e. The summed E-state index contributed by atoms with van der Waals surface area (Å²) in [4.78, 5) is 10.7. The van der Waals surface area contributed by atoms with E-state index >= 15 is 0 Å². The van der Waals surface area contributed by atoms with Gasteiger partial charge in [-0.1, -0.05) is 26.0 Å². The predicted octanol–water partition coefficient (Wildman–Crippen LogP) is 2.76. The highest BCUT2D eigenvalue weighted by atomic mass is 19.1. The maximum absolute atomic E-state index is 12.6. The average molecular weight is 180 g/mol. The molecule has 1 atom stereocenters. The largest absolute Gasteiger partial charge is 0.303 e. The number of benzene rings is 1. The summed E-state index contributed by atoms with van der Waals surface area (Å²) in [5.74, 6) is -0.138. The van der Waals surface area contributed by atoms with Crippen molar-refractivity contribution >= 4 is 6.29 Å². The first-order valence-electron chi connectivity index (χ1n) is 4.36. The number of hydrogen-bond acceptors (Lipinski definition) is 1. The van der Waals surface area contributed by atoms with Gasteiger partial charge in [-0.2, -0.15) is 0 Å². The van der Waals surface area contributed by atoms with E-state index in [-0.39, 0.29) is 17.7 Å². The van der Waals surface area contributed by atoms with Crippen molar-refractivity contribution in [3.8, 4) is 0 Å². The maximum atomic E-state index is 12.6. The Morgan fingerprint density at radius 2 is 1.77 bits per heavy atom. The van der Waals surface area contributed by atoms with Crippen LogP contribution < -0.4 is 0 Å². The van der Waals surface area contributed by atoms with E-state index in [0.29, 0.717) is 0 Å². The van der Waals surface area contributed by atoms with Gasteiger partial charge >= 0.3 is 0 Å². The van der Waals surface area contributed by atoms with E-state index in [1.54, 1.807) is 12.1 Å².